The second kappa shape index (κ2) is 6.52. The highest BCUT2D eigenvalue weighted by molar-refractivity contribution is 6.01. The molecule has 0 bridgehead atoms. The summed E-state index contributed by atoms with van der Waals surface area (Å²) >= 11 is 0. The number of ketones is 1. The molecule has 1 atom stereocenters. The minimum absolute atomic E-state index is 0.138. The molecule has 0 saturated carbocycles. The van der Waals surface area contributed by atoms with Crippen LogP contribution in [0.2, 0.25) is 0 Å². The van der Waals surface area contributed by atoms with Gasteiger partial charge in [0.05, 0.1) is 12.6 Å². The fourth-order valence-corrected chi connectivity index (χ4v) is 1.79. The van der Waals surface area contributed by atoms with E-state index in [0.29, 0.717) is 13.2 Å². The van der Waals surface area contributed by atoms with Crippen molar-refractivity contribution in [3.63, 3.8) is 0 Å². The van der Waals surface area contributed by atoms with Gasteiger partial charge < -0.3 is 10.1 Å². The summed E-state index contributed by atoms with van der Waals surface area (Å²) in [6.07, 6.45) is 0. The van der Waals surface area contributed by atoms with Crippen LogP contribution in [0.25, 0.3) is 0 Å². The molecule has 0 radical (unpaired) electrons. The monoisotopic (exact) mass is 235 g/mol. The molecule has 0 amide bonds. The molecule has 0 aliphatic rings. The van der Waals surface area contributed by atoms with Crippen molar-refractivity contribution in [2.75, 3.05) is 20.3 Å². The molecular weight excluding hydrogens is 214 g/mol. The van der Waals surface area contributed by atoms with Crippen molar-refractivity contribution >= 4 is 5.78 Å². The smallest absolute Gasteiger partial charge is 0.179 e. The summed E-state index contributed by atoms with van der Waals surface area (Å²) < 4.78 is 4.94. The van der Waals surface area contributed by atoms with E-state index in [1.54, 1.807) is 7.11 Å². The number of aryl methyl sites for hydroxylation is 2. The van der Waals surface area contributed by atoms with Crippen LogP contribution in [0, 0.1) is 13.8 Å². The summed E-state index contributed by atoms with van der Waals surface area (Å²) in [4.78, 5) is 12.2. The first-order valence-corrected chi connectivity index (χ1v) is 5.90. The SMILES string of the molecule is COCCNC(C)C(=O)c1ccc(C)cc1C. The predicted octanol–water partition coefficient (Wildman–Crippen LogP) is 2.11. The van der Waals surface area contributed by atoms with Gasteiger partial charge in [0, 0.05) is 19.2 Å². The average molecular weight is 235 g/mol. The fraction of sp³-hybridized carbons (Fsp3) is 0.500. The molecule has 1 unspecified atom stereocenters. The highest BCUT2D eigenvalue weighted by Crippen LogP contribution is 2.12. The van der Waals surface area contributed by atoms with Gasteiger partial charge in [-0.3, -0.25) is 4.79 Å². The van der Waals surface area contributed by atoms with E-state index in [9.17, 15) is 4.79 Å². The molecule has 0 spiro atoms. The zero-order valence-electron chi connectivity index (χ0n) is 11.0. The first-order chi connectivity index (χ1) is 8.06. The number of rotatable bonds is 6. The van der Waals surface area contributed by atoms with Crippen molar-refractivity contribution in [1.82, 2.24) is 5.32 Å². The van der Waals surface area contributed by atoms with Gasteiger partial charge in [0.2, 0.25) is 0 Å². The summed E-state index contributed by atoms with van der Waals surface area (Å²) in [6.45, 7) is 7.19. The largest absolute Gasteiger partial charge is 0.383 e. The maximum absolute atomic E-state index is 12.2. The molecule has 0 aliphatic carbocycles. The van der Waals surface area contributed by atoms with E-state index in [4.69, 9.17) is 4.74 Å². The second-order valence-corrected chi connectivity index (χ2v) is 4.35. The van der Waals surface area contributed by atoms with Crippen LogP contribution in [0.3, 0.4) is 0 Å². The number of methoxy groups -OCH3 is 1. The summed E-state index contributed by atoms with van der Waals surface area (Å²) in [5, 5.41) is 3.15. The molecule has 1 aromatic carbocycles. The van der Waals surface area contributed by atoms with E-state index in [1.807, 2.05) is 39.0 Å². The van der Waals surface area contributed by atoms with Gasteiger partial charge in [0.15, 0.2) is 5.78 Å². The minimum atomic E-state index is -0.174. The Hall–Kier alpha value is -1.19. The summed E-state index contributed by atoms with van der Waals surface area (Å²) in [5.74, 6) is 0.138. The van der Waals surface area contributed by atoms with Crippen LogP contribution in [0.5, 0.6) is 0 Å². The van der Waals surface area contributed by atoms with Crippen LogP contribution in [0.15, 0.2) is 18.2 Å². The number of benzene rings is 1. The molecule has 0 fully saturated rings. The van der Waals surface area contributed by atoms with Gasteiger partial charge in [-0.2, -0.15) is 0 Å². The van der Waals surface area contributed by atoms with E-state index < -0.39 is 0 Å². The van der Waals surface area contributed by atoms with Gasteiger partial charge in [-0.05, 0) is 26.3 Å². The van der Waals surface area contributed by atoms with Gasteiger partial charge in [-0.25, -0.2) is 0 Å². The molecule has 0 aromatic heterocycles. The third-order valence-corrected chi connectivity index (χ3v) is 2.80. The van der Waals surface area contributed by atoms with Crippen molar-refractivity contribution in [2.24, 2.45) is 0 Å². The molecule has 3 nitrogen and oxygen atoms in total. The zero-order valence-corrected chi connectivity index (χ0v) is 11.0. The number of ether oxygens (including phenoxy) is 1. The van der Waals surface area contributed by atoms with Crippen molar-refractivity contribution in [1.29, 1.82) is 0 Å². The highest BCUT2D eigenvalue weighted by Gasteiger charge is 2.16. The van der Waals surface area contributed by atoms with E-state index in [1.165, 1.54) is 5.56 Å². The van der Waals surface area contributed by atoms with Crippen LogP contribution >= 0.6 is 0 Å². The standard InChI is InChI=1S/C14H21NO2/c1-10-5-6-13(11(2)9-10)14(16)12(3)15-7-8-17-4/h5-6,9,12,15H,7-8H2,1-4H3. The van der Waals surface area contributed by atoms with Crippen molar-refractivity contribution in [2.45, 2.75) is 26.8 Å². The lowest BCUT2D eigenvalue weighted by Crippen LogP contribution is -2.36. The average Bonchev–Trinajstić information content (AvgIpc) is 2.28. The summed E-state index contributed by atoms with van der Waals surface area (Å²) in [5.41, 5.74) is 3.02. The van der Waals surface area contributed by atoms with E-state index in [2.05, 4.69) is 5.32 Å². The first-order valence-electron chi connectivity index (χ1n) is 5.90. The normalized spacial score (nSPS) is 12.5. The Balaban J connectivity index is 2.68. The Labute approximate surface area is 103 Å². The zero-order chi connectivity index (χ0) is 12.8. The Kier molecular flexibility index (Phi) is 5.32. The summed E-state index contributed by atoms with van der Waals surface area (Å²) in [7, 11) is 1.65. The minimum Gasteiger partial charge on any atom is -0.383 e. The van der Waals surface area contributed by atoms with Crippen LogP contribution in [-0.2, 0) is 4.74 Å². The lowest BCUT2D eigenvalue weighted by molar-refractivity contribution is 0.0944. The van der Waals surface area contributed by atoms with E-state index in [0.717, 1.165) is 11.1 Å². The maximum atomic E-state index is 12.2. The third kappa shape index (κ3) is 3.95. The van der Waals surface area contributed by atoms with Crippen LogP contribution in [0.1, 0.15) is 28.4 Å². The molecule has 0 heterocycles. The Morgan fingerprint density at radius 3 is 2.71 bits per heavy atom. The lowest BCUT2D eigenvalue weighted by Gasteiger charge is -2.14. The first kappa shape index (κ1) is 13.9. The topological polar surface area (TPSA) is 38.3 Å². The van der Waals surface area contributed by atoms with Crippen LogP contribution in [-0.4, -0.2) is 32.1 Å². The molecule has 1 rings (SSSR count). The molecule has 0 saturated heterocycles. The number of hydrogen-bond donors (Lipinski definition) is 1. The molecule has 1 N–H and O–H groups in total. The summed E-state index contributed by atoms with van der Waals surface area (Å²) in [6, 6.07) is 5.74. The van der Waals surface area contributed by atoms with Crippen molar-refractivity contribution < 1.29 is 9.53 Å². The number of carbonyl (C=O) groups excluding carboxylic acids is 1. The molecule has 94 valence electrons. The number of Topliss-reactive ketones (excluding diaryl/α,β-unsaturated/α-hetero) is 1. The molecule has 3 heteroatoms. The Morgan fingerprint density at radius 2 is 2.12 bits per heavy atom. The van der Waals surface area contributed by atoms with Gasteiger partial charge in [-0.1, -0.05) is 23.8 Å². The number of carbonyl (C=O) groups is 1. The fourth-order valence-electron chi connectivity index (χ4n) is 1.79. The number of hydrogen-bond acceptors (Lipinski definition) is 3. The van der Waals surface area contributed by atoms with Gasteiger partial charge >= 0.3 is 0 Å². The van der Waals surface area contributed by atoms with Crippen molar-refractivity contribution in [3.8, 4) is 0 Å². The Morgan fingerprint density at radius 1 is 1.41 bits per heavy atom. The van der Waals surface area contributed by atoms with Gasteiger partial charge in [-0.15, -0.1) is 0 Å². The lowest BCUT2D eigenvalue weighted by atomic mass is 9.98. The Bertz CT molecular complexity index is 388. The van der Waals surface area contributed by atoms with Crippen LogP contribution in [0.4, 0.5) is 0 Å². The third-order valence-electron chi connectivity index (χ3n) is 2.80. The second-order valence-electron chi connectivity index (χ2n) is 4.35. The molecule has 17 heavy (non-hydrogen) atoms. The molecular formula is C14H21NO2. The van der Waals surface area contributed by atoms with Gasteiger partial charge in [0.25, 0.3) is 0 Å². The maximum Gasteiger partial charge on any atom is 0.179 e. The van der Waals surface area contributed by atoms with Crippen molar-refractivity contribution in [3.05, 3.63) is 34.9 Å². The predicted molar refractivity (Wildman–Crippen MR) is 69.6 cm³/mol. The van der Waals surface area contributed by atoms with Crippen LogP contribution < -0.4 is 5.32 Å². The van der Waals surface area contributed by atoms with E-state index in [-0.39, 0.29) is 11.8 Å². The quantitative estimate of drug-likeness (QED) is 0.606. The highest BCUT2D eigenvalue weighted by atomic mass is 16.5. The van der Waals surface area contributed by atoms with E-state index >= 15 is 0 Å². The molecule has 1 aromatic rings. The van der Waals surface area contributed by atoms with Gasteiger partial charge in [0.1, 0.15) is 0 Å². The molecule has 0 aliphatic heterocycles. The number of nitrogens with one attached hydrogen (secondary N) is 1.